The zero-order valence-corrected chi connectivity index (χ0v) is 15.5. The molecular weight excluding hydrogens is 334 g/mol. The molecule has 2 aliphatic heterocycles. The molecule has 0 aliphatic carbocycles. The Kier molecular flexibility index (Phi) is 5.53. The van der Waals surface area contributed by atoms with E-state index in [-0.39, 0.29) is 36.7 Å². The summed E-state index contributed by atoms with van der Waals surface area (Å²) in [6.45, 7) is 5.97. The highest BCUT2D eigenvalue weighted by molar-refractivity contribution is 5.21. The molecule has 3 nitrogen and oxygen atoms in total. The number of nitrogens with zero attached hydrogens (tertiary/aromatic N) is 1. The molecule has 5 atom stereocenters. The quantitative estimate of drug-likeness (QED) is 0.726. The van der Waals surface area contributed by atoms with E-state index in [1.54, 1.807) is 0 Å². The molecule has 3 heteroatoms. The first kappa shape index (κ1) is 18.2. The summed E-state index contributed by atoms with van der Waals surface area (Å²) in [5.74, 6) is 0.340. The third-order valence-corrected chi connectivity index (χ3v) is 5.83. The van der Waals surface area contributed by atoms with Gasteiger partial charge in [0.25, 0.3) is 0 Å². The minimum absolute atomic E-state index is 0.0303. The van der Waals surface area contributed by atoms with Gasteiger partial charge in [0.2, 0.25) is 0 Å². The Balaban J connectivity index is 1.63. The first-order chi connectivity index (χ1) is 13.3. The van der Waals surface area contributed by atoms with Crippen LogP contribution in [0.1, 0.15) is 11.1 Å². The highest BCUT2D eigenvalue weighted by atomic mass is 16.5. The van der Waals surface area contributed by atoms with Crippen LogP contribution in [0.4, 0.5) is 0 Å². The molecule has 0 unspecified atom stereocenters. The number of fused-ring (bicyclic) bond motifs is 2. The van der Waals surface area contributed by atoms with Gasteiger partial charge in [-0.3, -0.25) is 4.90 Å². The van der Waals surface area contributed by atoms with Gasteiger partial charge in [-0.25, -0.2) is 0 Å². The zero-order chi connectivity index (χ0) is 18.6. The van der Waals surface area contributed by atoms with Crippen LogP contribution >= 0.6 is 0 Å². The highest BCUT2D eigenvalue weighted by Crippen LogP contribution is 2.42. The molecule has 27 heavy (non-hydrogen) atoms. The van der Waals surface area contributed by atoms with E-state index in [0.29, 0.717) is 0 Å². The molecule has 1 N–H and O–H groups in total. The van der Waals surface area contributed by atoms with Crippen LogP contribution in [0.25, 0.3) is 0 Å². The van der Waals surface area contributed by atoms with E-state index in [4.69, 9.17) is 4.74 Å². The summed E-state index contributed by atoms with van der Waals surface area (Å²) < 4.78 is 6.08. The van der Waals surface area contributed by atoms with Crippen LogP contribution < -0.4 is 0 Å². The Labute approximate surface area is 161 Å². The first-order valence-corrected chi connectivity index (χ1v) is 9.69. The molecule has 0 spiro atoms. The van der Waals surface area contributed by atoms with Gasteiger partial charge in [0.15, 0.2) is 0 Å². The average molecular weight is 361 g/mol. The summed E-state index contributed by atoms with van der Waals surface area (Å²) in [7, 11) is 0. The molecule has 1 fully saturated rings. The predicted octanol–water partition coefficient (Wildman–Crippen LogP) is 3.81. The van der Waals surface area contributed by atoms with Crippen molar-refractivity contribution in [3.05, 3.63) is 96.6 Å². The second-order valence-electron chi connectivity index (χ2n) is 7.48. The fourth-order valence-corrected chi connectivity index (χ4v) is 4.54. The molecule has 0 amide bonds. The minimum Gasteiger partial charge on any atom is -0.396 e. The summed E-state index contributed by atoms with van der Waals surface area (Å²) in [6, 6.07) is 21.2. The van der Waals surface area contributed by atoms with Crippen LogP contribution in [0.3, 0.4) is 0 Å². The van der Waals surface area contributed by atoms with Crippen molar-refractivity contribution in [2.24, 2.45) is 11.8 Å². The van der Waals surface area contributed by atoms with Crippen molar-refractivity contribution in [1.82, 2.24) is 4.90 Å². The molecule has 140 valence electrons. The van der Waals surface area contributed by atoms with Crippen LogP contribution in [-0.4, -0.2) is 34.9 Å². The third kappa shape index (κ3) is 3.77. The van der Waals surface area contributed by atoms with E-state index in [1.807, 2.05) is 18.2 Å². The van der Waals surface area contributed by atoms with E-state index in [9.17, 15) is 5.11 Å². The second-order valence-corrected chi connectivity index (χ2v) is 7.48. The lowest BCUT2D eigenvalue weighted by molar-refractivity contribution is 0.0826. The van der Waals surface area contributed by atoms with Gasteiger partial charge in [-0.2, -0.15) is 0 Å². The molecule has 0 radical (unpaired) electrons. The van der Waals surface area contributed by atoms with Crippen molar-refractivity contribution in [1.29, 1.82) is 0 Å². The van der Waals surface area contributed by atoms with Crippen LogP contribution in [0.5, 0.6) is 0 Å². The molecule has 2 heterocycles. The molecule has 0 aromatic heterocycles. The summed E-state index contributed by atoms with van der Waals surface area (Å²) in [5, 5.41) is 10.00. The van der Waals surface area contributed by atoms with Crippen LogP contribution in [-0.2, 0) is 17.8 Å². The Morgan fingerprint density at radius 2 is 1.48 bits per heavy atom. The Hall–Kier alpha value is -2.20. The number of ether oxygens (including phenoxy) is 1. The SMILES string of the molecule is C=C[C@@H]([C@H]1[C@@H](CO)[C@@H]2C=C[C@H]1O2)N(Cc1ccccc1)Cc1ccccc1. The maximum atomic E-state index is 10.00. The minimum atomic E-state index is 0.0303. The number of benzene rings is 2. The highest BCUT2D eigenvalue weighted by Gasteiger charge is 2.49. The topological polar surface area (TPSA) is 32.7 Å². The molecule has 1 saturated heterocycles. The molecule has 4 rings (SSSR count). The molecule has 2 aromatic carbocycles. The van der Waals surface area contributed by atoms with Crippen molar-refractivity contribution in [3.63, 3.8) is 0 Å². The lowest BCUT2D eigenvalue weighted by Crippen LogP contribution is -2.45. The van der Waals surface area contributed by atoms with Gasteiger partial charge >= 0.3 is 0 Å². The maximum Gasteiger partial charge on any atom is 0.0819 e. The van der Waals surface area contributed by atoms with Gasteiger partial charge in [0.1, 0.15) is 0 Å². The van der Waals surface area contributed by atoms with E-state index < -0.39 is 0 Å². The van der Waals surface area contributed by atoms with E-state index in [0.717, 1.165) is 13.1 Å². The number of hydrogen-bond acceptors (Lipinski definition) is 3. The van der Waals surface area contributed by atoms with Gasteiger partial charge in [-0.1, -0.05) is 78.9 Å². The van der Waals surface area contributed by atoms with E-state index >= 15 is 0 Å². The van der Waals surface area contributed by atoms with Crippen molar-refractivity contribution < 1.29 is 9.84 Å². The lowest BCUT2D eigenvalue weighted by atomic mass is 9.78. The van der Waals surface area contributed by atoms with Gasteiger partial charge in [0.05, 0.1) is 12.2 Å². The van der Waals surface area contributed by atoms with Gasteiger partial charge < -0.3 is 9.84 Å². The monoisotopic (exact) mass is 361 g/mol. The Bertz CT molecular complexity index is 732. The van der Waals surface area contributed by atoms with E-state index in [1.165, 1.54) is 11.1 Å². The van der Waals surface area contributed by atoms with Crippen LogP contribution in [0.2, 0.25) is 0 Å². The van der Waals surface area contributed by atoms with Crippen molar-refractivity contribution in [2.45, 2.75) is 31.3 Å². The normalized spacial score (nSPS) is 27.2. The van der Waals surface area contributed by atoms with Crippen molar-refractivity contribution in [2.75, 3.05) is 6.61 Å². The smallest absolute Gasteiger partial charge is 0.0819 e. The predicted molar refractivity (Wildman–Crippen MR) is 108 cm³/mol. The van der Waals surface area contributed by atoms with Crippen molar-refractivity contribution >= 4 is 0 Å². The van der Waals surface area contributed by atoms with Gasteiger partial charge in [-0.15, -0.1) is 6.58 Å². The summed E-state index contributed by atoms with van der Waals surface area (Å²) in [4.78, 5) is 2.46. The number of rotatable bonds is 8. The number of aliphatic hydroxyl groups excluding tert-OH is 1. The first-order valence-electron chi connectivity index (χ1n) is 9.69. The maximum absolute atomic E-state index is 10.00. The largest absolute Gasteiger partial charge is 0.396 e. The lowest BCUT2D eigenvalue weighted by Gasteiger charge is -2.38. The molecule has 2 aromatic rings. The third-order valence-electron chi connectivity index (χ3n) is 5.83. The fourth-order valence-electron chi connectivity index (χ4n) is 4.54. The van der Waals surface area contributed by atoms with Crippen LogP contribution in [0.15, 0.2) is 85.5 Å². The van der Waals surface area contributed by atoms with Gasteiger partial charge in [0, 0.05) is 37.6 Å². The summed E-state index contributed by atoms with van der Waals surface area (Å²) >= 11 is 0. The second kappa shape index (κ2) is 8.22. The molecule has 0 saturated carbocycles. The van der Waals surface area contributed by atoms with Crippen LogP contribution in [0, 0.1) is 11.8 Å². The summed E-state index contributed by atoms with van der Waals surface area (Å²) in [6.07, 6.45) is 6.38. The standard InChI is InChI=1S/C24H27NO2/c1-2-21(24-20(17-26)22-13-14-23(24)27-22)25(15-18-9-5-3-6-10-18)16-19-11-7-4-8-12-19/h2-14,20-24,26H,1,15-17H2/t20-,21-,22-,23+,24+/m0/s1. The fraction of sp³-hybridized carbons (Fsp3) is 0.333. The average Bonchev–Trinajstić information content (AvgIpc) is 3.32. The van der Waals surface area contributed by atoms with Gasteiger partial charge in [-0.05, 0) is 11.1 Å². The Morgan fingerprint density at radius 3 is 2.00 bits per heavy atom. The zero-order valence-electron chi connectivity index (χ0n) is 15.5. The Morgan fingerprint density at radius 1 is 0.926 bits per heavy atom. The molecular formula is C24H27NO2. The summed E-state index contributed by atoms with van der Waals surface area (Å²) in [5.41, 5.74) is 2.56. The van der Waals surface area contributed by atoms with E-state index in [2.05, 4.69) is 72.2 Å². The number of aliphatic hydroxyl groups is 1. The number of hydrogen-bond donors (Lipinski definition) is 1. The molecule has 2 bridgehead atoms. The molecule has 2 aliphatic rings. The van der Waals surface area contributed by atoms with Crippen molar-refractivity contribution in [3.8, 4) is 0 Å².